The van der Waals surface area contributed by atoms with Crippen molar-refractivity contribution in [3.8, 4) is 11.5 Å². The molecule has 0 amide bonds. The zero-order chi connectivity index (χ0) is 20.4. The molecule has 2 N–H and O–H groups in total. The largest absolute Gasteiger partial charge is 0.504 e. The van der Waals surface area contributed by atoms with E-state index in [1.54, 1.807) is 0 Å². The summed E-state index contributed by atoms with van der Waals surface area (Å²) in [5.74, 6) is 0.768. The molecule has 29 heavy (non-hydrogen) atoms. The molecule has 1 saturated heterocycles. The summed E-state index contributed by atoms with van der Waals surface area (Å²) in [5.41, 5.74) is 2.80. The van der Waals surface area contributed by atoms with Crippen LogP contribution in [0, 0.1) is 0 Å². The number of aromatic hydroxyl groups is 1. The second kappa shape index (κ2) is 8.46. The van der Waals surface area contributed by atoms with E-state index in [4.69, 9.17) is 9.73 Å². The van der Waals surface area contributed by atoms with Crippen LogP contribution < -0.4 is 10.1 Å². The van der Waals surface area contributed by atoms with Crippen molar-refractivity contribution in [3.63, 3.8) is 0 Å². The molecule has 0 saturated carbocycles. The highest BCUT2D eigenvalue weighted by Gasteiger charge is 2.40. The summed E-state index contributed by atoms with van der Waals surface area (Å²) in [6, 6.07) is 14.1. The van der Waals surface area contributed by atoms with E-state index >= 15 is 0 Å². The van der Waals surface area contributed by atoms with Crippen LogP contribution in [0.1, 0.15) is 43.4 Å². The lowest BCUT2D eigenvalue weighted by Gasteiger charge is -2.44. The molecule has 0 aromatic heterocycles. The lowest BCUT2D eigenvalue weighted by molar-refractivity contribution is 0.144. The summed E-state index contributed by atoms with van der Waals surface area (Å²) in [6.07, 6.45) is 2.63. The molecule has 0 bridgehead atoms. The average Bonchev–Trinajstić information content (AvgIpc) is 2.72. The molecular formula is C23H28BrN3O2. The van der Waals surface area contributed by atoms with E-state index in [1.807, 2.05) is 25.1 Å². The molecule has 6 heteroatoms. The molecule has 0 unspecified atom stereocenters. The molecule has 5 nitrogen and oxygen atoms in total. The number of piperidine rings is 1. The van der Waals surface area contributed by atoms with Crippen LogP contribution in [-0.2, 0) is 0 Å². The number of nitrogens with one attached hydrogen (secondary N) is 1. The molecule has 0 aliphatic carbocycles. The fraction of sp³-hybridized carbons (Fsp3) is 0.435. The Bertz CT molecular complexity index is 889. The molecular weight excluding hydrogens is 430 g/mol. The zero-order valence-electron chi connectivity index (χ0n) is 17.0. The number of benzene rings is 2. The average molecular weight is 458 g/mol. The molecule has 2 aromatic carbocycles. The van der Waals surface area contributed by atoms with Gasteiger partial charge in [0, 0.05) is 41.3 Å². The summed E-state index contributed by atoms with van der Waals surface area (Å²) in [6.45, 7) is 4.46. The number of nitrogens with zero attached hydrogens (tertiary/aromatic N) is 2. The van der Waals surface area contributed by atoms with E-state index in [-0.39, 0.29) is 17.5 Å². The van der Waals surface area contributed by atoms with Crippen molar-refractivity contribution < 1.29 is 9.84 Å². The highest BCUT2D eigenvalue weighted by atomic mass is 79.9. The van der Waals surface area contributed by atoms with Crippen LogP contribution in [0.15, 0.2) is 51.9 Å². The van der Waals surface area contributed by atoms with Gasteiger partial charge in [-0.1, -0.05) is 40.2 Å². The van der Waals surface area contributed by atoms with Gasteiger partial charge in [-0.15, -0.1) is 0 Å². The fourth-order valence-corrected chi connectivity index (χ4v) is 4.52. The van der Waals surface area contributed by atoms with Crippen molar-refractivity contribution in [1.82, 2.24) is 10.2 Å². The minimum atomic E-state index is -0.300. The maximum atomic E-state index is 10.9. The van der Waals surface area contributed by atoms with Crippen molar-refractivity contribution in [3.05, 3.63) is 58.1 Å². The zero-order valence-corrected chi connectivity index (χ0v) is 18.6. The summed E-state index contributed by atoms with van der Waals surface area (Å²) in [4.78, 5) is 7.57. The SMILES string of the molecule is CCOc1cccc([C@H]2CC(c3ccc(Br)cc3)=NC3(CCN(C)CC3)N2)c1O. The monoisotopic (exact) mass is 457 g/mol. The number of phenols is 1. The van der Waals surface area contributed by atoms with E-state index in [9.17, 15) is 5.11 Å². The third-order valence-electron chi connectivity index (χ3n) is 5.89. The number of rotatable bonds is 4. The van der Waals surface area contributed by atoms with E-state index in [2.05, 4.69) is 57.5 Å². The first-order chi connectivity index (χ1) is 14.0. The predicted octanol–water partition coefficient (Wildman–Crippen LogP) is 4.50. The molecule has 0 radical (unpaired) electrons. The van der Waals surface area contributed by atoms with Gasteiger partial charge in [-0.2, -0.15) is 0 Å². The lowest BCUT2D eigenvalue weighted by atomic mass is 9.87. The van der Waals surface area contributed by atoms with Gasteiger partial charge in [-0.25, -0.2) is 0 Å². The van der Waals surface area contributed by atoms with Gasteiger partial charge in [0.25, 0.3) is 0 Å². The number of ether oxygens (including phenoxy) is 1. The summed E-state index contributed by atoms with van der Waals surface area (Å²) in [7, 11) is 2.16. The Kier molecular flexibility index (Phi) is 5.95. The smallest absolute Gasteiger partial charge is 0.162 e. The van der Waals surface area contributed by atoms with Gasteiger partial charge in [0.1, 0.15) is 5.66 Å². The summed E-state index contributed by atoms with van der Waals surface area (Å²) in [5, 5.41) is 14.7. The quantitative estimate of drug-likeness (QED) is 0.709. The van der Waals surface area contributed by atoms with Crippen LogP contribution in [0.5, 0.6) is 11.5 Å². The first-order valence-corrected chi connectivity index (χ1v) is 11.0. The van der Waals surface area contributed by atoms with Crippen LogP contribution >= 0.6 is 15.9 Å². The van der Waals surface area contributed by atoms with Crippen LogP contribution in [0.2, 0.25) is 0 Å². The Hall–Kier alpha value is -1.89. The highest BCUT2D eigenvalue weighted by molar-refractivity contribution is 9.10. The van der Waals surface area contributed by atoms with Gasteiger partial charge in [0.15, 0.2) is 11.5 Å². The van der Waals surface area contributed by atoms with E-state index in [0.29, 0.717) is 12.4 Å². The highest BCUT2D eigenvalue weighted by Crippen LogP contribution is 2.40. The number of halogens is 1. The predicted molar refractivity (Wildman–Crippen MR) is 120 cm³/mol. The van der Waals surface area contributed by atoms with Crippen molar-refractivity contribution in [1.29, 1.82) is 0 Å². The summed E-state index contributed by atoms with van der Waals surface area (Å²) < 4.78 is 6.68. The Morgan fingerprint density at radius 2 is 1.93 bits per heavy atom. The van der Waals surface area contributed by atoms with Crippen molar-refractivity contribution in [2.24, 2.45) is 4.99 Å². The number of aliphatic imine (C=N–C) groups is 1. The molecule has 2 heterocycles. The van der Waals surface area contributed by atoms with Crippen molar-refractivity contribution >= 4 is 21.6 Å². The van der Waals surface area contributed by atoms with Gasteiger partial charge >= 0.3 is 0 Å². The Morgan fingerprint density at radius 1 is 1.21 bits per heavy atom. The van der Waals surface area contributed by atoms with Crippen LogP contribution in [0.25, 0.3) is 0 Å². The second-order valence-electron chi connectivity index (χ2n) is 7.93. The van der Waals surface area contributed by atoms with E-state index in [1.165, 1.54) is 0 Å². The maximum Gasteiger partial charge on any atom is 0.162 e. The molecule has 154 valence electrons. The van der Waals surface area contributed by atoms with Crippen LogP contribution in [0.3, 0.4) is 0 Å². The molecule has 1 spiro atoms. The minimum Gasteiger partial charge on any atom is -0.504 e. The standard InChI is InChI=1S/C23H28BrN3O2/c1-3-29-21-6-4-5-18(22(21)28)20-15-19(16-7-9-17(24)10-8-16)25-23(26-20)11-13-27(2)14-12-23/h4-10,20,26,28H,3,11-15H2,1-2H3/t20-/m1/s1. The Morgan fingerprint density at radius 3 is 2.62 bits per heavy atom. The van der Waals surface area contributed by atoms with Crippen LogP contribution in [-0.4, -0.2) is 48.1 Å². The third kappa shape index (κ3) is 4.34. The minimum absolute atomic E-state index is 0.0186. The van der Waals surface area contributed by atoms with Gasteiger partial charge in [0.2, 0.25) is 0 Å². The number of hydrogen-bond donors (Lipinski definition) is 2. The number of likely N-dealkylation sites (tertiary alicyclic amines) is 1. The number of phenolic OH excluding ortho intramolecular Hbond substituents is 1. The van der Waals surface area contributed by atoms with Crippen LogP contribution in [0.4, 0.5) is 0 Å². The third-order valence-corrected chi connectivity index (χ3v) is 6.42. The van der Waals surface area contributed by atoms with Crippen molar-refractivity contribution in [2.45, 2.75) is 37.9 Å². The molecule has 2 aliphatic rings. The van der Waals surface area contributed by atoms with E-state index < -0.39 is 0 Å². The fourth-order valence-electron chi connectivity index (χ4n) is 4.25. The van der Waals surface area contributed by atoms with Gasteiger partial charge in [0.05, 0.1) is 6.61 Å². The van der Waals surface area contributed by atoms with E-state index in [0.717, 1.165) is 53.7 Å². The Labute approximate surface area is 180 Å². The van der Waals surface area contributed by atoms with Gasteiger partial charge < -0.3 is 14.7 Å². The van der Waals surface area contributed by atoms with Gasteiger partial charge in [-0.3, -0.25) is 10.3 Å². The second-order valence-corrected chi connectivity index (χ2v) is 8.84. The summed E-state index contributed by atoms with van der Waals surface area (Å²) >= 11 is 3.52. The van der Waals surface area contributed by atoms with Crippen molar-refractivity contribution in [2.75, 3.05) is 26.7 Å². The first-order valence-electron chi connectivity index (χ1n) is 10.3. The molecule has 4 rings (SSSR count). The van der Waals surface area contributed by atoms with Gasteiger partial charge in [-0.05, 0) is 50.6 Å². The topological polar surface area (TPSA) is 57.1 Å². The Balaban J connectivity index is 1.72. The first kappa shape index (κ1) is 20.4. The number of para-hydroxylation sites is 1. The lowest BCUT2D eigenvalue weighted by Crippen LogP contribution is -2.55. The molecule has 1 atom stereocenters. The molecule has 1 fully saturated rings. The molecule has 2 aliphatic heterocycles. The maximum absolute atomic E-state index is 10.9. The molecule has 2 aromatic rings. The number of hydrogen-bond acceptors (Lipinski definition) is 5. The normalized spacial score (nSPS) is 21.8.